The summed E-state index contributed by atoms with van der Waals surface area (Å²) < 4.78 is 12.7. The van der Waals surface area contributed by atoms with Crippen molar-refractivity contribution in [3.05, 3.63) is 99.0 Å². The van der Waals surface area contributed by atoms with Crippen LogP contribution in [0.4, 0.5) is 0 Å². The Morgan fingerprint density at radius 1 is 1.14 bits per heavy atom. The van der Waals surface area contributed by atoms with E-state index in [1.54, 1.807) is 0 Å². The fourth-order valence-corrected chi connectivity index (χ4v) is 4.49. The van der Waals surface area contributed by atoms with Crippen LogP contribution in [0.25, 0.3) is 0 Å². The average Bonchev–Trinajstić information content (AvgIpc) is 3.24. The predicted molar refractivity (Wildman–Crippen MR) is 148 cm³/mol. The molecule has 0 radical (unpaired) electrons. The molecule has 0 spiro atoms. The minimum absolute atomic E-state index is 0.0797. The summed E-state index contributed by atoms with van der Waals surface area (Å²) in [7, 11) is 0. The van der Waals surface area contributed by atoms with Crippen molar-refractivity contribution in [1.29, 1.82) is 0 Å². The smallest absolute Gasteiger partial charge is 0.266 e. The number of hydrogen-bond acceptors (Lipinski definition) is 6. The molecule has 2 atom stereocenters. The normalized spacial score (nSPS) is 18.7. The van der Waals surface area contributed by atoms with Gasteiger partial charge in [-0.15, -0.1) is 0 Å². The highest BCUT2D eigenvalue weighted by atomic mass is 79.9. The summed E-state index contributed by atoms with van der Waals surface area (Å²) in [6.45, 7) is 2.73. The highest BCUT2D eigenvalue weighted by Crippen LogP contribution is 2.33. The molecule has 9 heteroatoms. The zero-order valence-corrected chi connectivity index (χ0v) is 22.8. The highest BCUT2D eigenvalue weighted by molar-refractivity contribution is 9.10. The van der Waals surface area contributed by atoms with Crippen LogP contribution in [0.1, 0.15) is 30.0 Å². The van der Waals surface area contributed by atoms with E-state index in [0.29, 0.717) is 42.7 Å². The van der Waals surface area contributed by atoms with E-state index in [0.717, 1.165) is 21.2 Å². The molecule has 0 saturated heterocycles. The molecule has 3 aromatic carbocycles. The number of hydrogen-bond donors (Lipinski definition) is 3. The number of hydrazine groups is 1. The Morgan fingerprint density at radius 2 is 1.86 bits per heavy atom. The molecule has 1 heterocycles. The van der Waals surface area contributed by atoms with Crippen molar-refractivity contribution in [2.45, 2.75) is 38.0 Å². The summed E-state index contributed by atoms with van der Waals surface area (Å²) in [6, 6.07) is 22.6. The third kappa shape index (κ3) is 6.70. The number of amides is 1. The van der Waals surface area contributed by atoms with Crippen LogP contribution in [0.15, 0.2) is 82.3 Å². The lowest BCUT2D eigenvalue weighted by molar-refractivity contribution is -0.129. The number of nitrogens with zero attached hydrogens (tertiary/aromatic N) is 1. The number of aliphatic imine (C=N–C) groups is 1. The van der Waals surface area contributed by atoms with Crippen molar-refractivity contribution < 1.29 is 19.4 Å². The van der Waals surface area contributed by atoms with Crippen molar-refractivity contribution >= 4 is 39.3 Å². The second kappa shape index (κ2) is 12.6. The van der Waals surface area contributed by atoms with Gasteiger partial charge in [0.05, 0.1) is 6.61 Å². The van der Waals surface area contributed by atoms with E-state index in [1.165, 1.54) is 0 Å². The van der Waals surface area contributed by atoms with E-state index in [9.17, 15) is 4.79 Å². The molecule has 1 amide bonds. The lowest BCUT2D eigenvalue weighted by atomic mass is 9.86. The summed E-state index contributed by atoms with van der Waals surface area (Å²) in [6.07, 6.45) is 0.397. The summed E-state index contributed by atoms with van der Waals surface area (Å²) in [5.41, 5.74) is 7.21. The maximum Gasteiger partial charge on any atom is 0.266 e. The Labute approximate surface area is 230 Å². The number of nitrogens with one attached hydrogen (secondary N) is 2. The maximum atomic E-state index is 13.7. The lowest BCUT2D eigenvalue weighted by Crippen LogP contribution is -2.55. The van der Waals surface area contributed by atoms with Gasteiger partial charge < -0.3 is 14.6 Å². The number of carbonyl (C=O) groups excluding carboxylic acids is 1. The Morgan fingerprint density at radius 3 is 2.57 bits per heavy atom. The van der Waals surface area contributed by atoms with Crippen molar-refractivity contribution in [1.82, 2.24) is 10.9 Å². The van der Waals surface area contributed by atoms with E-state index in [-0.39, 0.29) is 12.5 Å². The van der Waals surface area contributed by atoms with Gasteiger partial charge in [0, 0.05) is 41.1 Å². The first kappa shape index (κ1) is 27.1. The van der Waals surface area contributed by atoms with Crippen LogP contribution < -0.4 is 15.6 Å². The van der Waals surface area contributed by atoms with E-state index >= 15 is 0 Å². The molecule has 194 valence electrons. The molecule has 1 aliphatic rings. The van der Waals surface area contributed by atoms with Gasteiger partial charge in [0.25, 0.3) is 5.91 Å². The first-order valence-corrected chi connectivity index (χ1v) is 13.2. The first-order chi connectivity index (χ1) is 17.9. The number of carbonyl (C=O) groups is 1. The van der Waals surface area contributed by atoms with Gasteiger partial charge in [-0.25, -0.2) is 10.4 Å². The molecular weight excluding hydrogens is 558 g/mol. The summed E-state index contributed by atoms with van der Waals surface area (Å²) in [4.78, 5) is 18.5. The average molecular weight is 587 g/mol. The SMILES string of the molecule is C[C@@H]1OC(c2ccc(OCCCO)cc2)=N[C@]1(Cc1ccc(Br)cc1)C(=O)NNCc1ccccc1Cl. The third-order valence-electron chi connectivity index (χ3n) is 6.15. The maximum absolute atomic E-state index is 13.7. The fourth-order valence-electron chi connectivity index (χ4n) is 4.03. The molecule has 0 aromatic heterocycles. The number of benzene rings is 3. The van der Waals surface area contributed by atoms with Crippen LogP contribution in [0.5, 0.6) is 5.75 Å². The Kier molecular flexibility index (Phi) is 9.21. The van der Waals surface area contributed by atoms with Gasteiger partial charge >= 0.3 is 0 Å². The molecule has 3 N–H and O–H groups in total. The monoisotopic (exact) mass is 585 g/mol. The quantitative estimate of drug-likeness (QED) is 0.221. The molecule has 0 unspecified atom stereocenters. The van der Waals surface area contributed by atoms with Crippen LogP contribution >= 0.6 is 27.5 Å². The molecule has 0 bridgehead atoms. The molecule has 37 heavy (non-hydrogen) atoms. The van der Waals surface area contributed by atoms with Crippen LogP contribution in [0.3, 0.4) is 0 Å². The van der Waals surface area contributed by atoms with E-state index in [1.807, 2.05) is 79.7 Å². The Hall–Kier alpha value is -2.91. The van der Waals surface area contributed by atoms with Crippen LogP contribution in [0.2, 0.25) is 5.02 Å². The molecule has 0 fully saturated rings. The lowest BCUT2D eigenvalue weighted by Gasteiger charge is -2.28. The number of ether oxygens (including phenoxy) is 2. The highest BCUT2D eigenvalue weighted by Gasteiger charge is 2.50. The zero-order chi connectivity index (χ0) is 26.3. The Bertz CT molecular complexity index is 1240. The van der Waals surface area contributed by atoms with Crippen LogP contribution in [0, 0.1) is 0 Å². The zero-order valence-electron chi connectivity index (χ0n) is 20.4. The molecule has 0 saturated carbocycles. The van der Waals surface area contributed by atoms with E-state index in [2.05, 4.69) is 26.8 Å². The summed E-state index contributed by atoms with van der Waals surface area (Å²) >= 11 is 9.72. The van der Waals surface area contributed by atoms with Gasteiger partial charge in [-0.1, -0.05) is 57.9 Å². The molecule has 3 aromatic rings. The standard InChI is InChI=1S/C28H29BrClN3O4/c1-19-28(17-20-7-11-23(29)12-8-20,27(35)33-31-18-22-5-2-3-6-25(22)30)32-26(37-19)21-9-13-24(14-10-21)36-16-4-15-34/h2-3,5-14,19,31,34H,4,15-18H2,1H3,(H,33,35)/t19-,28-/m0/s1. The topological polar surface area (TPSA) is 92.2 Å². The molecule has 7 nitrogen and oxygen atoms in total. The van der Waals surface area contributed by atoms with Crippen LogP contribution in [-0.2, 0) is 22.5 Å². The van der Waals surface area contributed by atoms with Crippen molar-refractivity contribution in [2.24, 2.45) is 4.99 Å². The number of rotatable bonds is 11. The van der Waals surface area contributed by atoms with Gasteiger partial charge in [-0.05, 0) is 60.5 Å². The van der Waals surface area contributed by atoms with Gasteiger partial charge in [-0.2, -0.15) is 0 Å². The number of halogens is 2. The summed E-state index contributed by atoms with van der Waals surface area (Å²) in [5, 5.41) is 9.56. The second-order valence-electron chi connectivity index (χ2n) is 8.75. The minimum atomic E-state index is -1.19. The van der Waals surface area contributed by atoms with Crippen molar-refractivity contribution in [2.75, 3.05) is 13.2 Å². The third-order valence-corrected chi connectivity index (χ3v) is 7.05. The number of aliphatic hydroxyl groups is 1. The van der Waals surface area contributed by atoms with Crippen molar-refractivity contribution in [3.8, 4) is 5.75 Å². The Balaban J connectivity index is 1.56. The second-order valence-corrected chi connectivity index (χ2v) is 10.1. The number of aliphatic hydroxyl groups excluding tert-OH is 1. The van der Waals surface area contributed by atoms with Gasteiger partial charge in [0.2, 0.25) is 5.90 Å². The fraction of sp³-hybridized carbons (Fsp3) is 0.286. The summed E-state index contributed by atoms with van der Waals surface area (Å²) in [5.74, 6) is 0.785. The van der Waals surface area contributed by atoms with E-state index in [4.69, 9.17) is 31.2 Å². The van der Waals surface area contributed by atoms with Gasteiger partial charge in [-0.3, -0.25) is 10.2 Å². The largest absolute Gasteiger partial charge is 0.494 e. The molecule has 1 aliphatic heterocycles. The molecule has 0 aliphatic carbocycles. The minimum Gasteiger partial charge on any atom is -0.494 e. The molecule has 4 rings (SSSR count). The van der Waals surface area contributed by atoms with Gasteiger partial charge in [0.1, 0.15) is 11.9 Å². The molecular formula is C28H29BrClN3O4. The predicted octanol–water partition coefficient (Wildman–Crippen LogP) is 4.83. The van der Waals surface area contributed by atoms with Gasteiger partial charge in [0.15, 0.2) is 5.54 Å². The van der Waals surface area contributed by atoms with Crippen molar-refractivity contribution in [3.63, 3.8) is 0 Å². The van der Waals surface area contributed by atoms with Crippen LogP contribution in [-0.4, -0.2) is 41.8 Å². The van der Waals surface area contributed by atoms with E-state index < -0.39 is 11.6 Å². The first-order valence-electron chi connectivity index (χ1n) is 12.0.